The maximum Gasteiger partial charge on any atom is 0.230 e. The molecule has 0 spiro atoms. The van der Waals surface area contributed by atoms with Crippen molar-refractivity contribution in [2.45, 2.75) is 39.3 Å². The van der Waals surface area contributed by atoms with Gasteiger partial charge >= 0.3 is 0 Å². The fourth-order valence-electron chi connectivity index (χ4n) is 5.53. The van der Waals surface area contributed by atoms with Gasteiger partial charge in [0, 0.05) is 23.6 Å². The number of allylic oxidation sites excluding steroid dienone is 1. The lowest BCUT2D eigenvalue weighted by Crippen LogP contribution is -2.34. The predicted octanol–water partition coefficient (Wildman–Crippen LogP) is 6.75. The molecule has 3 aromatic rings. The number of amides is 1. The molecule has 1 saturated heterocycles. The smallest absolute Gasteiger partial charge is 0.230 e. The summed E-state index contributed by atoms with van der Waals surface area (Å²) in [4.78, 5) is 27.4. The van der Waals surface area contributed by atoms with Crippen LogP contribution < -0.4 is 0 Å². The number of rotatable bonds is 5. The Morgan fingerprint density at radius 3 is 2.50 bits per heavy atom. The Morgan fingerprint density at radius 1 is 1.06 bits per heavy atom. The monoisotopic (exact) mass is 453 g/mol. The highest BCUT2D eigenvalue weighted by Gasteiger charge is 2.55. The third kappa shape index (κ3) is 3.77. The highest BCUT2D eigenvalue weighted by molar-refractivity contribution is 5.94. The lowest BCUT2D eigenvalue weighted by atomic mass is 9.69. The molecule has 3 aromatic carbocycles. The number of nitrogens with zero attached hydrogens (tertiary/aromatic N) is 1. The number of carbonyl (C=O) groups excluding carboxylic acids is 2. The zero-order valence-electron chi connectivity index (χ0n) is 19.5. The van der Waals surface area contributed by atoms with E-state index in [-0.39, 0.29) is 29.5 Å². The topological polar surface area (TPSA) is 37.4 Å². The maximum atomic E-state index is 15.0. The van der Waals surface area contributed by atoms with Crippen molar-refractivity contribution in [3.05, 3.63) is 107 Å². The lowest BCUT2D eigenvalue weighted by Gasteiger charge is -2.32. The van der Waals surface area contributed by atoms with E-state index in [4.69, 9.17) is 0 Å². The molecule has 4 heteroatoms. The van der Waals surface area contributed by atoms with Gasteiger partial charge in [-0.15, -0.1) is 0 Å². The van der Waals surface area contributed by atoms with E-state index in [0.717, 1.165) is 24.0 Å². The van der Waals surface area contributed by atoms with Crippen molar-refractivity contribution in [1.29, 1.82) is 0 Å². The van der Waals surface area contributed by atoms with Crippen LogP contribution in [-0.4, -0.2) is 16.6 Å². The Balaban J connectivity index is 1.58. The Morgan fingerprint density at radius 2 is 1.79 bits per heavy atom. The lowest BCUT2D eigenvalue weighted by molar-refractivity contribution is -0.137. The summed E-state index contributed by atoms with van der Waals surface area (Å²) < 4.78 is 15.0. The largest absolute Gasteiger partial charge is 0.330 e. The molecule has 1 aliphatic heterocycles. The molecule has 0 radical (unpaired) electrons. The molecule has 3 atom stereocenters. The van der Waals surface area contributed by atoms with E-state index in [0.29, 0.717) is 23.2 Å². The molecule has 0 N–H and O–H groups in total. The number of Topliss-reactive ketones (excluding diaryl/α,β-unsaturated/α-hetero) is 1. The van der Waals surface area contributed by atoms with Crippen molar-refractivity contribution >= 4 is 11.7 Å². The number of hydrogen-bond acceptors (Lipinski definition) is 2. The summed E-state index contributed by atoms with van der Waals surface area (Å²) in [6, 6.07) is 22.1. The molecule has 1 heterocycles. The van der Waals surface area contributed by atoms with Gasteiger partial charge in [-0.2, -0.15) is 0 Å². The van der Waals surface area contributed by atoms with Crippen molar-refractivity contribution in [1.82, 2.24) is 4.90 Å². The van der Waals surface area contributed by atoms with Crippen molar-refractivity contribution in [3.8, 4) is 11.1 Å². The maximum absolute atomic E-state index is 15.0. The average molecular weight is 454 g/mol. The molecule has 34 heavy (non-hydrogen) atoms. The number of fused-ring (bicyclic) bond motifs is 1. The van der Waals surface area contributed by atoms with Crippen LogP contribution in [0.25, 0.3) is 11.1 Å². The van der Waals surface area contributed by atoms with Crippen LogP contribution in [0.1, 0.15) is 54.2 Å². The number of carbonyl (C=O) groups is 2. The third-order valence-corrected chi connectivity index (χ3v) is 7.46. The van der Waals surface area contributed by atoms with E-state index in [9.17, 15) is 14.0 Å². The molecule has 2 aliphatic rings. The van der Waals surface area contributed by atoms with Gasteiger partial charge in [-0.05, 0) is 48.6 Å². The number of hydrogen-bond donors (Lipinski definition) is 0. The van der Waals surface area contributed by atoms with Crippen LogP contribution in [0.15, 0.2) is 84.9 Å². The van der Waals surface area contributed by atoms with E-state index in [1.54, 1.807) is 24.3 Å². The molecule has 5 rings (SSSR count). The molecule has 0 unspecified atom stereocenters. The summed E-state index contributed by atoms with van der Waals surface area (Å²) in [7, 11) is 0. The molecular formula is C30H28FNO2. The molecule has 1 amide bonds. The van der Waals surface area contributed by atoms with E-state index in [2.05, 4.69) is 19.1 Å². The van der Waals surface area contributed by atoms with E-state index >= 15 is 0 Å². The summed E-state index contributed by atoms with van der Waals surface area (Å²) in [6.45, 7) is 4.11. The quantitative estimate of drug-likeness (QED) is 0.316. The highest BCUT2D eigenvalue weighted by atomic mass is 19.1. The Bertz CT molecular complexity index is 1260. The highest BCUT2D eigenvalue weighted by Crippen LogP contribution is 2.54. The molecule has 3 nitrogen and oxygen atoms in total. The van der Waals surface area contributed by atoms with E-state index in [1.807, 2.05) is 47.4 Å². The van der Waals surface area contributed by atoms with E-state index < -0.39 is 5.41 Å². The number of benzene rings is 3. The van der Waals surface area contributed by atoms with Gasteiger partial charge in [0.2, 0.25) is 5.91 Å². The zero-order valence-corrected chi connectivity index (χ0v) is 19.5. The summed E-state index contributed by atoms with van der Waals surface area (Å²) in [5.41, 5.74) is 3.33. The normalized spacial score (nSPS) is 23.7. The predicted molar refractivity (Wildman–Crippen MR) is 132 cm³/mol. The van der Waals surface area contributed by atoms with Gasteiger partial charge in [-0.25, -0.2) is 4.39 Å². The number of likely N-dealkylation sites (tertiary alicyclic amines) is 1. The first kappa shape index (κ1) is 22.3. The van der Waals surface area contributed by atoms with Crippen molar-refractivity contribution in [3.63, 3.8) is 0 Å². The van der Waals surface area contributed by atoms with Gasteiger partial charge in [0.25, 0.3) is 0 Å². The Labute approximate surface area is 199 Å². The number of ketones is 1. The van der Waals surface area contributed by atoms with Gasteiger partial charge in [-0.3, -0.25) is 9.59 Å². The fraction of sp³-hybridized carbons (Fsp3) is 0.267. The second-order valence-electron chi connectivity index (χ2n) is 9.65. The van der Waals surface area contributed by atoms with Crippen molar-refractivity contribution in [2.75, 3.05) is 0 Å². The second kappa shape index (κ2) is 8.68. The Hall–Kier alpha value is -3.53. The molecule has 0 saturated carbocycles. The van der Waals surface area contributed by atoms with Crippen LogP contribution in [0.3, 0.4) is 0 Å². The van der Waals surface area contributed by atoms with Crippen LogP contribution in [0.5, 0.6) is 0 Å². The number of halogens is 1. The molecule has 0 bridgehead atoms. The summed E-state index contributed by atoms with van der Waals surface area (Å²) >= 11 is 0. The van der Waals surface area contributed by atoms with Crippen molar-refractivity contribution < 1.29 is 14.0 Å². The fourth-order valence-corrected chi connectivity index (χ4v) is 5.53. The van der Waals surface area contributed by atoms with Gasteiger partial charge in [0.15, 0.2) is 5.78 Å². The standard InChI is InChI=1S/C30H28FNO2/c1-20(33)22-11-13-23(14-12-22)25-18-24(15-16-27(25)31)28-26-10-6-7-17-30(26,2)29(34)32(28)19-21-8-4-3-5-9-21/h3-6,8-16,18,26,28H,7,17,19H2,1-2H3/t26-,28-,30+/m0/s1. The summed E-state index contributed by atoms with van der Waals surface area (Å²) in [5.74, 6) is -0.159. The van der Waals surface area contributed by atoms with Crippen LogP contribution >= 0.6 is 0 Å². The van der Waals surface area contributed by atoms with Crippen LogP contribution in [-0.2, 0) is 11.3 Å². The van der Waals surface area contributed by atoms with Gasteiger partial charge in [-0.1, -0.05) is 79.7 Å². The summed E-state index contributed by atoms with van der Waals surface area (Å²) in [5, 5.41) is 0. The zero-order chi connectivity index (χ0) is 23.9. The third-order valence-electron chi connectivity index (χ3n) is 7.46. The Kier molecular flexibility index (Phi) is 5.68. The van der Waals surface area contributed by atoms with Crippen molar-refractivity contribution in [2.24, 2.45) is 11.3 Å². The molecule has 172 valence electrons. The summed E-state index contributed by atoms with van der Waals surface area (Å²) in [6.07, 6.45) is 6.06. The van der Waals surface area contributed by atoms with Gasteiger partial charge in [0.05, 0.1) is 11.5 Å². The molecule has 1 aliphatic carbocycles. The molecule has 0 aromatic heterocycles. The van der Waals surface area contributed by atoms with E-state index in [1.165, 1.54) is 13.0 Å². The minimum absolute atomic E-state index is 0.0230. The minimum atomic E-state index is -0.466. The van der Waals surface area contributed by atoms with Crippen LogP contribution in [0.2, 0.25) is 0 Å². The van der Waals surface area contributed by atoms with Crippen LogP contribution in [0, 0.1) is 17.2 Å². The first-order valence-electron chi connectivity index (χ1n) is 11.8. The average Bonchev–Trinajstić information content (AvgIpc) is 3.07. The second-order valence-corrected chi connectivity index (χ2v) is 9.65. The molecular weight excluding hydrogens is 425 g/mol. The first-order chi connectivity index (χ1) is 16.4. The minimum Gasteiger partial charge on any atom is -0.330 e. The van der Waals surface area contributed by atoms with Gasteiger partial charge in [0.1, 0.15) is 5.82 Å². The first-order valence-corrected chi connectivity index (χ1v) is 11.8. The van der Waals surface area contributed by atoms with Gasteiger partial charge < -0.3 is 4.90 Å². The molecule has 1 fully saturated rings. The SMILES string of the molecule is CC(=O)c1ccc(-c2cc([C@H]3[C@@H]4C=CCC[C@@]4(C)C(=O)N3Cc3ccccc3)ccc2F)cc1. The van der Waals surface area contributed by atoms with Crippen LogP contribution in [0.4, 0.5) is 4.39 Å².